The molecule has 2 aliphatic heterocycles. The third-order valence-corrected chi connectivity index (χ3v) is 10.6. The number of carbonyl (C=O) groups is 2. The smallest absolute Gasteiger partial charge is 0.341 e. The third-order valence-electron chi connectivity index (χ3n) is 7.59. The Hall–Kier alpha value is -3.05. The highest BCUT2D eigenvalue weighted by Crippen LogP contribution is 2.38. The van der Waals surface area contributed by atoms with E-state index in [1.165, 1.54) is 48.3 Å². The first-order chi connectivity index (χ1) is 19.2. The monoisotopic (exact) mass is 581 g/mol. The van der Waals surface area contributed by atoms with E-state index in [0.717, 1.165) is 30.0 Å². The molecular weight excluding hydrogens is 546 g/mol. The molecule has 40 heavy (non-hydrogen) atoms. The summed E-state index contributed by atoms with van der Waals surface area (Å²) in [6, 6.07) is 16.2. The molecular formula is C30H35N3O5S2. The van der Waals surface area contributed by atoms with Gasteiger partial charge in [-0.3, -0.25) is 9.69 Å². The van der Waals surface area contributed by atoms with Crippen LogP contribution in [0.3, 0.4) is 0 Å². The fraction of sp³-hybridized carbons (Fsp3) is 0.400. The number of piperidine rings is 1. The van der Waals surface area contributed by atoms with Crippen molar-refractivity contribution in [2.45, 2.75) is 44.7 Å². The van der Waals surface area contributed by atoms with E-state index >= 15 is 0 Å². The van der Waals surface area contributed by atoms with Crippen LogP contribution >= 0.6 is 11.3 Å². The summed E-state index contributed by atoms with van der Waals surface area (Å²) < 4.78 is 33.1. The van der Waals surface area contributed by atoms with E-state index in [1.807, 2.05) is 18.2 Å². The number of amides is 1. The molecule has 1 aromatic heterocycles. The van der Waals surface area contributed by atoms with Crippen LogP contribution < -0.4 is 5.32 Å². The predicted molar refractivity (Wildman–Crippen MR) is 156 cm³/mol. The van der Waals surface area contributed by atoms with E-state index < -0.39 is 21.9 Å². The highest BCUT2D eigenvalue weighted by molar-refractivity contribution is 7.89. The number of hydrogen-bond acceptors (Lipinski definition) is 7. The van der Waals surface area contributed by atoms with Gasteiger partial charge in [-0.1, -0.05) is 44.2 Å². The van der Waals surface area contributed by atoms with Crippen molar-refractivity contribution in [3.05, 3.63) is 81.7 Å². The number of anilines is 1. The first-order valence-corrected chi connectivity index (χ1v) is 15.8. The molecule has 8 nitrogen and oxygen atoms in total. The summed E-state index contributed by atoms with van der Waals surface area (Å²) in [5, 5.41) is 3.35. The van der Waals surface area contributed by atoms with Gasteiger partial charge in [0.15, 0.2) is 0 Å². The Morgan fingerprint density at radius 1 is 1.02 bits per heavy atom. The van der Waals surface area contributed by atoms with Gasteiger partial charge in [-0.2, -0.15) is 4.31 Å². The summed E-state index contributed by atoms with van der Waals surface area (Å²) in [6.45, 7) is 7.40. The SMILES string of the molecule is COC(=O)c1c(NC(=O)c2ccc(S(=O)(=O)N3C[C@H](C)C[C@@H](C)C3)cc2)sc2c1CCN(Cc1ccccc1)C2. The molecule has 2 aromatic carbocycles. The molecule has 1 fully saturated rings. The second-order valence-electron chi connectivity index (χ2n) is 10.9. The van der Waals surface area contributed by atoms with E-state index in [9.17, 15) is 18.0 Å². The summed E-state index contributed by atoms with van der Waals surface area (Å²) in [7, 11) is -2.30. The first-order valence-electron chi connectivity index (χ1n) is 13.6. The molecule has 212 valence electrons. The predicted octanol–water partition coefficient (Wildman–Crippen LogP) is 5.01. The number of ether oxygens (including phenoxy) is 1. The van der Waals surface area contributed by atoms with Gasteiger partial charge in [0.1, 0.15) is 5.00 Å². The van der Waals surface area contributed by atoms with Gasteiger partial charge in [0.2, 0.25) is 10.0 Å². The number of rotatable bonds is 7. The lowest BCUT2D eigenvalue weighted by atomic mass is 9.94. The van der Waals surface area contributed by atoms with Crippen LogP contribution in [0.15, 0.2) is 59.5 Å². The van der Waals surface area contributed by atoms with E-state index in [4.69, 9.17) is 4.74 Å². The number of esters is 1. The van der Waals surface area contributed by atoms with Gasteiger partial charge in [-0.05, 0) is 60.1 Å². The van der Waals surface area contributed by atoms with Crippen LogP contribution in [0.25, 0.3) is 0 Å². The van der Waals surface area contributed by atoms with Gasteiger partial charge in [-0.15, -0.1) is 11.3 Å². The van der Waals surface area contributed by atoms with Crippen molar-refractivity contribution in [2.24, 2.45) is 11.8 Å². The zero-order chi connectivity index (χ0) is 28.4. The molecule has 1 amide bonds. The van der Waals surface area contributed by atoms with Crippen molar-refractivity contribution in [3.8, 4) is 0 Å². The quantitative estimate of drug-likeness (QED) is 0.394. The Morgan fingerprint density at radius 3 is 2.35 bits per heavy atom. The molecule has 5 rings (SSSR count). The fourth-order valence-electron chi connectivity index (χ4n) is 5.74. The second kappa shape index (κ2) is 11.8. The first kappa shape index (κ1) is 28.5. The largest absolute Gasteiger partial charge is 0.465 e. The molecule has 2 atom stereocenters. The Balaban J connectivity index is 1.33. The highest BCUT2D eigenvalue weighted by atomic mass is 32.2. The van der Waals surface area contributed by atoms with E-state index in [2.05, 4.69) is 36.2 Å². The molecule has 3 aromatic rings. The van der Waals surface area contributed by atoms with Crippen LogP contribution in [0.4, 0.5) is 5.00 Å². The minimum absolute atomic E-state index is 0.172. The Labute approximate surface area is 240 Å². The van der Waals surface area contributed by atoms with Crippen LogP contribution in [-0.4, -0.2) is 56.2 Å². The van der Waals surface area contributed by atoms with Crippen LogP contribution in [-0.2, 0) is 34.3 Å². The van der Waals surface area contributed by atoms with Gasteiger partial charge in [0, 0.05) is 43.2 Å². The highest BCUT2D eigenvalue weighted by Gasteiger charge is 2.32. The number of fused-ring (bicyclic) bond motifs is 1. The number of nitrogens with one attached hydrogen (secondary N) is 1. The van der Waals surface area contributed by atoms with Crippen molar-refractivity contribution in [3.63, 3.8) is 0 Å². The van der Waals surface area contributed by atoms with Crippen molar-refractivity contribution in [1.29, 1.82) is 0 Å². The molecule has 0 unspecified atom stereocenters. The van der Waals surface area contributed by atoms with Crippen molar-refractivity contribution < 1.29 is 22.7 Å². The zero-order valence-corrected chi connectivity index (χ0v) is 24.7. The number of thiophene rings is 1. The minimum atomic E-state index is -3.64. The molecule has 0 aliphatic carbocycles. The van der Waals surface area contributed by atoms with Crippen molar-refractivity contribution >= 4 is 38.2 Å². The van der Waals surface area contributed by atoms with Gasteiger partial charge >= 0.3 is 5.97 Å². The molecule has 0 radical (unpaired) electrons. The van der Waals surface area contributed by atoms with Crippen LogP contribution in [0, 0.1) is 11.8 Å². The maximum absolute atomic E-state index is 13.2. The number of hydrogen-bond donors (Lipinski definition) is 1. The van der Waals surface area contributed by atoms with Crippen LogP contribution in [0.5, 0.6) is 0 Å². The maximum Gasteiger partial charge on any atom is 0.341 e. The number of carbonyl (C=O) groups excluding carboxylic acids is 2. The maximum atomic E-state index is 13.2. The number of methoxy groups -OCH3 is 1. The minimum Gasteiger partial charge on any atom is -0.465 e. The summed E-state index contributed by atoms with van der Waals surface area (Å²) in [6.07, 6.45) is 1.69. The van der Waals surface area contributed by atoms with E-state index in [1.54, 1.807) is 4.31 Å². The Kier molecular flexibility index (Phi) is 8.42. The van der Waals surface area contributed by atoms with Crippen molar-refractivity contribution in [2.75, 3.05) is 32.1 Å². The molecule has 2 aliphatic rings. The summed E-state index contributed by atoms with van der Waals surface area (Å²) in [5.41, 5.74) is 2.86. The second-order valence-corrected chi connectivity index (χ2v) is 13.9. The molecule has 10 heteroatoms. The molecule has 0 bridgehead atoms. The fourth-order valence-corrected chi connectivity index (χ4v) is 8.70. The van der Waals surface area contributed by atoms with Crippen LogP contribution in [0.1, 0.15) is 57.0 Å². The molecule has 1 N–H and O–H groups in total. The Morgan fingerprint density at radius 2 is 1.70 bits per heavy atom. The van der Waals surface area contributed by atoms with Gasteiger partial charge < -0.3 is 10.1 Å². The lowest BCUT2D eigenvalue weighted by Gasteiger charge is -2.34. The average molecular weight is 582 g/mol. The molecule has 0 saturated carbocycles. The number of nitrogens with zero attached hydrogens (tertiary/aromatic N) is 2. The number of benzene rings is 2. The van der Waals surface area contributed by atoms with Gasteiger partial charge in [0.25, 0.3) is 5.91 Å². The lowest BCUT2D eigenvalue weighted by Crippen LogP contribution is -2.42. The molecule has 0 spiro atoms. The van der Waals surface area contributed by atoms with E-state index in [-0.39, 0.29) is 4.90 Å². The van der Waals surface area contributed by atoms with Gasteiger partial charge in [-0.25, -0.2) is 13.2 Å². The van der Waals surface area contributed by atoms with Crippen molar-refractivity contribution in [1.82, 2.24) is 9.21 Å². The molecule has 1 saturated heterocycles. The lowest BCUT2D eigenvalue weighted by molar-refractivity contribution is 0.0600. The third kappa shape index (κ3) is 6.00. The summed E-state index contributed by atoms with van der Waals surface area (Å²) in [4.78, 5) is 29.5. The normalized spacial score (nSPS) is 20.1. The Bertz CT molecular complexity index is 1480. The number of sulfonamides is 1. The zero-order valence-electron chi connectivity index (χ0n) is 23.1. The molecule has 3 heterocycles. The summed E-state index contributed by atoms with van der Waals surface area (Å²) >= 11 is 1.39. The van der Waals surface area contributed by atoms with E-state index in [0.29, 0.717) is 54.0 Å². The standard InChI is InChI=1S/C30H35N3O5S2/c1-20-15-21(2)17-33(16-20)40(36,37)24-11-9-23(10-12-24)28(34)31-29-27(30(35)38-3)25-13-14-32(19-26(25)39-29)18-22-7-5-4-6-8-22/h4-12,20-21H,13-19H2,1-3H3,(H,31,34)/t20-,21-/m1/s1. The topological polar surface area (TPSA) is 96.0 Å². The van der Waals surface area contributed by atoms with Gasteiger partial charge in [0.05, 0.1) is 17.6 Å². The van der Waals surface area contributed by atoms with Crippen LogP contribution in [0.2, 0.25) is 0 Å². The average Bonchev–Trinajstić information content (AvgIpc) is 3.29. The summed E-state index contributed by atoms with van der Waals surface area (Å²) in [5.74, 6) is -0.283.